The molecule has 7 nitrogen and oxygen atoms in total. The SMILES string of the molecule is CNc1ncc(S(=O)(=O)NCC2CCOCC2)cn1. The highest BCUT2D eigenvalue weighted by Crippen LogP contribution is 2.15. The predicted octanol–water partition coefficient (Wildman–Crippen LogP) is 0.223. The second-order valence-electron chi connectivity index (χ2n) is 4.40. The van der Waals surface area contributed by atoms with Crippen LogP contribution in [0.4, 0.5) is 5.95 Å². The number of rotatable bonds is 5. The van der Waals surface area contributed by atoms with Crippen molar-refractivity contribution in [2.45, 2.75) is 17.7 Å². The Kier molecular flexibility index (Phi) is 4.67. The van der Waals surface area contributed by atoms with Gasteiger partial charge in [0.1, 0.15) is 4.90 Å². The Morgan fingerprint density at radius 2 is 1.95 bits per heavy atom. The lowest BCUT2D eigenvalue weighted by molar-refractivity contribution is 0.0678. The molecule has 0 atom stereocenters. The predicted molar refractivity (Wildman–Crippen MR) is 70.3 cm³/mol. The van der Waals surface area contributed by atoms with E-state index in [1.54, 1.807) is 7.05 Å². The maximum absolute atomic E-state index is 12.0. The zero-order valence-corrected chi connectivity index (χ0v) is 11.6. The number of aromatic nitrogens is 2. The van der Waals surface area contributed by atoms with Crippen molar-refractivity contribution in [1.82, 2.24) is 14.7 Å². The molecule has 1 aliphatic heterocycles. The fourth-order valence-electron chi connectivity index (χ4n) is 1.85. The van der Waals surface area contributed by atoms with Gasteiger partial charge in [-0.05, 0) is 18.8 Å². The van der Waals surface area contributed by atoms with E-state index in [2.05, 4.69) is 20.0 Å². The lowest BCUT2D eigenvalue weighted by Crippen LogP contribution is -2.32. The van der Waals surface area contributed by atoms with Crippen molar-refractivity contribution in [3.05, 3.63) is 12.4 Å². The molecule has 0 aliphatic carbocycles. The molecule has 8 heteroatoms. The largest absolute Gasteiger partial charge is 0.381 e. The van der Waals surface area contributed by atoms with Gasteiger partial charge >= 0.3 is 0 Å². The first-order valence-corrected chi connectivity index (χ1v) is 7.67. The van der Waals surface area contributed by atoms with E-state index in [0.29, 0.717) is 31.6 Å². The molecule has 2 heterocycles. The van der Waals surface area contributed by atoms with Gasteiger partial charge in [-0.1, -0.05) is 0 Å². The highest BCUT2D eigenvalue weighted by atomic mass is 32.2. The van der Waals surface area contributed by atoms with E-state index in [4.69, 9.17) is 4.74 Å². The number of ether oxygens (including phenoxy) is 1. The maximum Gasteiger partial charge on any atom is 0.243 e. The van der Waals surface area contributed by atoms with Gasteiger partial charge in [-0.15, -0.1) is 0 Å². The fourth-order valence-corrected chi connectivity index (χ4v) is 2.85. The first kappa shape index (κ1) is 14.2. The minimum atomic E-state index is -3.53. The van der Waals surface area contributed by atoms with E-state index in [1.807, 2.05) is 0 Å². The Morgan fingerprint density at radius 3 is 2.53 bits per heavy atom. The molecule has 1 aromatic rings. The summed E-state index contributed by atoms with van der Waals surface area (Å²) in [6, 6.07) is 0. The van der Waals surface area contributed by atoms with Gasteiger partial charge in [0.2, 0.25) is 16.0 Å². The Hall–Kier alpha value is -1.25. The number of nitrogens with one attached hydrogen (secondary N) is 2. The van der Waals surface area contributed by atoms with Crippen LogP contribution < -0.4 is 10.0 Å². The smallest absolute Gasteiger partial charge is 0.243 e. The molecule has 0 radical (unpaired) electrons. The second kappa shape index (κ2) is 6.27. The number of anilines is 1. The van der Waals surface area contributed by atoms with Gasteiger partial charge in [0, 0.05) is 26.8 Å². The van der Waals surface area contributed by atoms with Crippen LogP contribution in [0.15, 0.2) is 17.3 Å². The molecular weight excluding hydrogens is 268 g/mol. The van der Waals surface area contributed by atoms with Crippen molar-refractivity contribution in [2.75, 3.05) is 32.1 Å². The number of nitrogens with zero attached hydrogens (tertiary/aromatic N) is 2. The number of sulfonamides is 1. The molecule has 2 rings (SSSR count). The average Bonchev–Trinajstić information content (AvgIpc) is 2.46. The minimum absolute atomic E-state index is 0.0820. The summed E-state index contributed by atoms with van der Waals surface area (Å²) in [4.78, 5) is 7.88. The summed E-state index contributed by atoms with van der Waals surface area (Å²) < 4.78 is 31.9. The van der Waals surface area contributed by atoms with Crippen molar-refractivity contribution in [3.63, 3.8) is 0 Å². The molecule has 1 aliphatic rings. The fraction of sp³-hybridized carbons (Fsp3) is 0.636. The zero-order valence-electron chi connectivity index (χ0n) is 10.8. The summed E-state index contributed by atoms with van der Waals surface area (Å²) in [6.07, 6.45) is 4.37. The first-order chi connectivity index (χ1) is 9.12. The molecule has 0 unspecified atom stereocenters. The molecule has 0 aromatic carbocycles. The Bertz CT molecular complexity index is 497. The van der Waals surface area contributed by atoms with Crippen LogP contribution in [-0.2, 0) is 14.8 Å². The van der Waals surface area contributed by atoms with Crippen LogP contribution in [0.5, 0.6) is 0 Å². The monoisotopic (exact) mass is 286 g/mol. The van der Waals surface area contributed by atoms with Gasteiger partial charge in [0.25, 0.3) is 0 Å². The van der Waals surface area contributed by atoms with Crippen molar-refractivity contribution < 1.29 is 13.2 Å². The van der Waals surface area contributed by atoms with Gasteiger partial charge in [0.15, 0.2) is 0 Å². The second-order valence-corrected chi connectivity index (χ2v) is 6.17. The summed E-state index contributed by atoms with van der Waals surface area (Å²) in [6.45, 7) is 1.83. The number of hydrogen-bond donors (Lipinski definition) is 2. The zero-order chi connectivity index (χ0) is 13.7. The molecule has 2 N–H and O–H groups in total. The third-order valence-electron chi connectivity index (χ3n) is 3.06. The van der Waals surface area contributed by atoms with E-state index in [0.717, 1.165) is 12.8 Å². The van der Waals surface area contributed by atoms with E-state index in [1.165, 1.54) is 12.4 Å². The maximum atomic E-state index is 12.0. The highest BCUT2D eigenvalue weighted by molar-refractivity contribution is 7.89. The van der Waals surface area contributed by atoms with Crippen LogP contribution in [-0.4, -0.2) is 45.2 Å². The molecule has 0 amide bonds. The molecular formula is C11H18N4O3S. The van der Waals surface area contributed by atoms with Gasteiger partial charge < -0.3 is 10.1 Å². The van der Waals surface area contributed by atoms with Gasteiger partial charge in [-0.3, -0.25) is 0 Å². The van der Waals surface area contributed by atoms with Crippen LogP contribution in [0.1, 0.15) is 12.8 Å². The van der Waals surface area contributed by atoms with Crippen LogP contribution in [0.25, 0.3) is 0 Å². The van der Waals surface area contributed by atoms with Crippen LogP contribution in [0, 0.1) is 5.92 Å². The molecule has 1 aromatic heterocycles. The van der Waals surface area contributed by atoms with Crippen LogP contribution in [0.3, 0.4) is 0 Å². The van der Waals surface area contributed by atoms with E-state index >= 15 is 0 Å². The standard InChI is InChI=1S/C11H18N4O3S/c1-12-11-13-7-10(8-14-11)19(16,17)15-6-9-2-4-18-5-3-9/h7-9,15H,2-6H2,1H3,(H,12,13,14). The van der Waals surface area contributed by atoms with Crippen LogP contribution in [0.2, 0.25) is 0 Å². The number of hydrogen-bond acceptors (Lipinski definition) is 6. The summed E-state index contributed by atoms with van der Waals surface area (Å²) in [7, 11) is -1.85. The van der Waals surface area contributed by atoms with Gasteiger partial charge in [0.05, 0.1) is 12.4 Å². The van der Waals surface area contributed by atoms with E-state index in [-0.39, 0.29) is 4.90 Å². The Labute approximate surface area is 112 Å². The van der Waals surface area contributed by atoms with Crippen LogP contribution >= 0.6 is 0 Å². The quantitative estimate of drug-likeness (QED) is 0.804. The summed E-state index contributed by atoms with van der Waals surface area (Å²) >= 11 is 0. The molecule has 19 heavy (non-hydrogen) atoms. The van der Waals surface area contributed by atoms with E-state index < -0.39 is 10.0 Å². The average molecular weight is 286 g/mol. The lowest BCUT2D eigenvalue weighted by atomic mass is 10.0. The topological polar surface area (TPSA) is 93.2 Å². The first-order valence-electron chi connectivity index (χ1n) is 6.19. The Balaban J connectivity index is 1.96. The summed E-state index contributed by atoms with van der Waals surface area (Å²) in [5.74, 6) is 0.726. The molecule has 106 valence electrons. The molecule has 0 saturated carbocycles. The molecule has 0 bridgehead atoms. The van der Waals surface area contributed by atoms with E-state index in [9.17, 15) is 8.42 Å². The Morgan fingerprint density at radius 1 is 1.32 bits per heavy atom. The normalized spacial score (nSPS) is 17.3. The molecule has 1 fully saturated rings. The van der Waals surface area contributed by atoms with Crippen molar-refractivity contribution in [3.8, 4) is 0 Å². The molecule has 1 saturated heterocycles. The summed E-state index contributed by atoms with van der Waals surface area (Å²) in [5, 5.41) is 2.74. The van der Waals surface area contributed by atoms with Gasteiger partial charge in [-0.25, -0.2) is 23.1 Å². The van der Waals surface area contributed by atoms with Crippen molar-refractivity contribution >= 4 is 16.0 Å². The summed E-state index contributed by atoms with van der Waals surface area (Å²) in [5.41, 5.74) is 0. The third kappa shape index (κ3) is 3.85. The minimum Gasteiger partial charge on any atom is -0.381 e. The van der Waals surface area contributed by atoms with Gasteiger partial charge in [-0.2, -0.15) is 0 Å². The lowest BCUT2D eigenvalue weighted by Gasteiger charge is -2.22. The van der Waals surface area contributed by atoms with Crippen molar-refractivity contribution in [1.29, 1.82) is 0 Å². The van der Waals surface area contributed by atoms with Crippen molar-refractivity contribution in [2.24, 2.45) is 5.92 Å². The highest BCUT2D eigenvalue weighted by Gasteiger charge is 2.19. The third-order valence-corrected chi connectivity index (χ3v) is 4.44. The molecule has 0 spiro atoms.